The van der Waals surface area contributed by atoms with Crippen LogP contribution in [0.3, 0.4) is 0 Å². The minimum Gasteiger partial charge on any atom is -0.396 e. The molecule has 1 unspecified atom stereocenters. The topological polar surface area (TPSA) is 94.6 Å². The molecule has 1 atom stereocenters. The van der Waals surface area contributed by atoms with Crippen LogP contribution in [0.2, 0.25) is 0 Å². The molecule has 7 nitrogen and oxygen atoms in total. The summed E-state index contributed by atoms with van der Waals surface area (Å²) in [6.07, 6.45) is 4.92. The molecule has 0 aliphatic carbocycles. The summed E-state index contributed by atoms with van der Waals surface area (Å²) < 4.78 is 1.60. The van der Waals surface area contributed by atoms with Crippen LogP contribution < -0.4 is 0 Å². The fraction of sp³-hybridized carbons (Fsp3) is 0.727. The predicted octanol–water partition coefficient (Wildman–Crippen LogP) is 2.12. The van der Waals surface area contributed by atoms with Gasteiger partial charge in [-0.2, -0.15) is 0 Å². The summed E-state index contributed by atoms with van der Waals surface area (Å²) in [6, 6.07) is 2.37. The third-order valence-corrected chi connectivity index (χ3v) is 7.64. The van der Waals surface area contributed by atoms with Crippen molar-refractivity contribution in [2.24, 2.45) is 0 Å². The van der Waals surface area contributed by atoms with E-state index in [-0.39, 0.29) is 18.6 Å². The van der Waals surface area contributed by atoms with Crippen molar-refractivity contribution in [1.82, 2.24) is 19.9 Å². The maximum atomic E-state index is 10.1. The van der Waals surface area contributed by atoms with Crippen molar-refractivity contribution in [3.63, 3.8) is 0 Å². The molecule has 3 N–H and O–H groups in total. The van der Waals surface area contributed by atoms with E-state index in [1.807, 2.05) is 17.5 Å². The molecule has 0 radical (unpaired) electrons. The van der Waals surface area contributed by atoms with Gasteiger partial charge >= 0.3 is 0 Å². The zero-order valence-electron chi connectivity index (χ0n) is 18.6. The standard InChI is InChI=1S/C22H36N4O3S/c1-5-17-12-18(19(30-17)6-11-27)22(4)7-9-25(10-8-22)13-16-14-26(24-23-16)15-20(28)21(2,3)29/h12,14,20,27-29H,5-11,13,15H2,1-4H3. The molecule has 8 heteroatoms. The van der Waals surface area contributed by atoms with Crippen LogP contribution in [0.15, 0.2) is 12.3 Å². The predicted molar refractivity (Wildman–Crippen MR) is 119 cm³/mol. The van der Waals surface area contributed by atoms with E-state index in [1.54, 1.807) is 18.5 Å². The number of aliphatic hydroxyl groups excluding tert-OH is 2. The van der Waals surface area contributed by atoms with Gasteiger partial charge in [-0.1, -0.05) is 19.1 Å². The van der Waals surface area contributed by atoms with E-state index in [4.69, 9.17) is 0 Å². The Balaban J connectivity index is 1.59. The molecular weight excluding hydrogens is 400 g/mol. The monoisotopic (exact) mass is 436 g/mol. The molecule has 168 valence electrons. The Bertz CT molecular complexity index is 819. The molecule has 0 bridgehead atoms. The Hall–Kier alpha value is -1.32. The highest BCUT2D eigenvalue weighted by molar-refractivity contribution is 7.12. The van der Waals surface area contributed by atoms with Crippen molar-refractivity contribution in [2.45, 2.75) is 83.6 Å². The van der Waals surface area contributed by atoms with Crippen LogP contribution in [-0.2, 0) is 31.3 Å². The highest BCUT2D eigenvalue weighted by atomic mass is 32.1. The summed E-state index contributed by atoms with van der Waals surface area (Å²) in [5.41, 5.74) is 1.30. The van der Waals surface area contributed by atoms with Gasteiger partial charge < -0.3 is 15.3 Å². The Morgan fingerprint density at radius 1 is 1.30 bits per heavy atom. The molecule has 1 saturated heterocycles. The summed E-state index contributed by atoms with van der Waals surface area (Å²) in [4.78, 5) is 5.15. The molecule has 1 aliphatic heterocycles. The van der Waals surface area contributed by atoms with Gasteiger partial charge in [0.2, 0.25) is 0 Å². The first-order valence-electron chi connectivity index (χ1n) is 10.9. The average molecular weight is 437 g/mol. The summed E-state index contributed by atoms with van der Waals surface area (Å²) >= 11 is 1.86. The molecule has 3 heterocycles. The van der Waals surface area contributed by atoms with Gasteiger partial charge in [0.15, 0.2) is 0 Å². The van der Waals surface area contributed by atoms with Gasteiger partial charge in [0.05, 0.1) is 17.8 Å². The Kier molecular flexibility index (Phi) is 7.35. The number of aromatic nitrogens is 3. The first-order valence-corrected chi connectivity index (χ1v) is 11.7. The number of likely N-dealkylation sites (tertiary alicyclic amines) is 1. The van der Waals surface area contributed by atoms with Crippen LogP contribution in [0.5, 0.6) is 0 Å². The number of hydrogen-bond donors (Lipinski definition) is 3. The zero-order valence-corrected chi connectivity index (χ0v) is 19.5. The average Bonchev–Trinajstić information content (AvgIpc) is 3.30. The Morgan fingerprint density at radius 3 is 2.60 bits per heavy atom. The minimum atomic E-state index is -1.17. The van der Waals surface area contributed by atoms with Gasteiger partial charge in [-0.15, -0.1) is 16.4 Å². The number of aliphatic hydroxyl groups is 3. The van der Waals surface area contributed by atoms with Crippen LogP contribution in [0.25, 0.3) is 0 Å². The van der Waals surface area contributed by atoms with E-state index in [0.29, 0.717) is 0 Å². The maximum Gasteiger partial charge on any atom is 0.102 e. The summed E-state index contributed by atoms with van der Waals surface area (Å²) in [6.45, 7) is 10.9. The fourth-order valence-corrected chi connectivity index (χ4v) is 5.31. The molecule has 1 aliphatic rings. The van der Waals surface area contributed by atoms with Crippen LogP contribution in [0.4, 0.5) is 0 Å². The quantitative estimate of drug-likeness (QED) is 0.557. The van der Waals surface area contributed by atoms with E-state index < -0.39 is 11.7 Å². The van der Waals surface area contributed by atoms with Gasteiger partial charge in [-0.3, -0.25) is 4.90 Å². The molecule has 0 spiro atoms. The van der Waals surface area contributed by atoms with Gasteiger partial charge in [0, 0.05) is 35.5 Å². The molecule has 2 aromatic heterocycles. The van der Waals surface area contributed by atoms with E-state index in [1.165, 1.54) is 15.3 Å². The lowest BCUT2D eigenvalue weighted by Gasteiger charge is -2.39. The molecule has 0 saturated carbocycles. The largest absolute Gasteiger partial charge is 0.396 e. The van der Waals surface area contributed by atoms with E-state index in [0.717, 1.165) is 51.0 Å². The summed E-state index contributed by atoms with van der Waals surface area (Å²) in [7, 11) is 0. The van der Waals surface area contributed by atoms with Crippen LogP contribution >= 0.6 is 11.3 Å². The summed E-state index contributed by atoms with van der Waals surface area (Å²) in [5, 5.41) is 37.8. The highest BCUT2D eigenvalue weighted by Crippen LogP contribution is 2.40. The number of rotatable bonds is 9. The number of hydrogen-bond acceptors (Lipinski definition) is 7. The van der Waals surface area contributed by atoms with Crippen molar-refractivity contribution < 1.29 is 15.3 Å². The first kappa shape index (κ1) is 23.3. The fourth-order valence-electron chi connectivity index (χ4n) is 4.06. The van der Waals surface area contributed by atoms with Gasteiger partial charge in [-0.25, -0.2) is 4.68 Å². The number of nitrogens with zero attached hydrogens (tertiary/aromatic N) is 4. The lowest BCUT2D eigenvalue weighted by atomic mass is 9.74. The van der Waals surface area contributed by atoms with E-state index in [2.05, 4.69) is 35.1 Å². The highest BCUT2D eigenvalue weighted by Gasteiger charge is 2.34. The Morgan fingerprint density at radius 2 is 2.00 bits per heavy atom. The van der Waals surface area contributed by atoms with Crippen molar-refractivity contribution in [2.75, 3.05) is 19.7 Å². The van der Waals surface area contributed by atoms with E-state index >= 15 is 0 Å². The lowest BCUT2D eigenvalue weighted by Crippen LogP contribution is -2.40. The van der Waals surface area contributed by atoms with Gasteiger partial charge in [0.25, 0.3) is 0 Å². The molecule has 0 amide bonds. The third kappa shape index (κ3) is 5.48. The number of piperidine rings is 1. The molecule has 0 aromatic carbocycles. The van der Waals surface area contributed by atoms with Gasteiger partial charge in [0.1, 0.15) is 6.10 Å². The van der Waals surface area contributed by atoms with Crippen LogP contribution in [0.1, 0.15) is 61.5 Å². The smallest absolute Gasteiger partial charge is 0.102 e. The molecule has 30 heavy (non-hydrogen) atoms. The van der Waals surface area contributed by atoms with Gasteiger partial charge in [-0.05, 0) is 63.2 Å². The van der Waals surface area contributed by atoms with Crippen molar-refractivity contribution in [1.29, 1.82) is 0 Å². The number of aryl methyl sites for hydroxylation is 1. The molecular formula is C22H36N4O3S. The molecule has 2 aromatic rings. The molecule has 1 fully saturated rings. The lowest BCUT2D eigenvalue weighted by molar-refractivity contribution is -0.0568. The maximum absolute atomic E-state index is 10.1. The minimum absolute atomic E-state index is 0.152. The normalized spacial score (nSPS) is 18.6. The Labute approximate surface area is 183 Å². The SMILES string of the molecule is CCc1cc(C2(C)CCN(Cc3cn(CC(O)C(C)(C)O)nn3)CC2)c(CCO)s1. The van der Waals surface area contributed by atoms with E-state index in [9.17, 15) is 15.3 Å². The molecule has 3 rings (SSSR count). The number of thiophene rings is 1. The van der Waals surface area contributed by atoms with Crippen LogP contribution in [0, 0.1) is 0 Å². The third-order valence-electron chi connectivity index (χ3n) is 6.30. The second kappa shape index (κ2) is 9.44. The zero-order chi connectivity index (χ0) is 21.9. The second-order valence-corrected chi connectivity index (χ2v) is 10.5. The second-order valence-electron chi connectivity index (χ2n) is 9.31. The van der Waals surface area contributed by atoms with Crippen molar-refractivity contribution in [3.8, 4) is 0 Å². The van der Waals surface area contributed by atoms with Crippen molar-refractivity contribution in [3.05, 3.63) is 33.3 Å². The summed E-state index contributed by atoms with van der Waals surface area (Å²) in [5.74, 6) is 0. The van der Waals surface area contributed by atoms with Crippen LogP contribution in [-0.4, -0.2) is 66.6 Å². The first-order chi connectivity index (χ1) is 14.1. The van der Waals surface area contributed by atoms with Crippen molar-refractivity contribution >= 4 is 11.3 Å².